The topological polar surface area (TPSA) is 132 Å². The van der Waals surface area contributed by atoms with Gasteiger partial charge in [-0.2, -0.15) is 0 Å². The monoisotopic (exact) mass is 501 g/mol. The average Bonchev–Trinajstić information content (AvgIpc) is 2.79. The lowest BCUT2D eigenvalue weighted by Crippen LogP contribution is -2.46. The van der Waals surface area contributed by atoms with Crippen LogP contribution in [0.3, 0.4) is 0 Å². The number of ether oxygens (including phenoxy) is 2. The van der Waals surface area contributed by atoms with Crippen molar-refractivity contribution in [3.8, 4) is 5.75 Å². The predicted molar refractivity (Wildman–Crippen MR) is 126 cm³/mol. The van der Waals surface area contributed by atoms with Crippen molar-refractivity contribution < 1.29 is 37.5 Å². The molecule has 0 aliphatic carbocycles. The highest BCUT2D eigenvalue weighted by Gasteiger charge is 2.30. The molecule has 1 aromatic rings. The Morgan fingerprint density at radius 2 is 1.74 bits per heavy atom. The standard InChI is InChI=1S/C22H36N3O8P/c1-7-18(32-17(5)25(6)22(28)24-20(26)8-2)15-30-34(29,23-14-21(27)31-16(3)4)33-19-12-10-9-11-13-19/h9-13,16-18H,7-8,14-15H2,1-6H3,(H,23,29)(H,24,26,28). The summed E-state index contributed by atoms with van der Waals surface area (Å²) >= 11 is 0. The van der Waals surface area contributed by atoms with Crippen LogP contribution in [0.15, 0.2) is 30.3 Å². The van der Waals surface area contributed by atoms with E-state index in [4.69, 9.17) is 18.5 Å². The third-order valence-corrected chi connectivity index (χ3v) is 5.95. The van der Waals surface area contributed by atoms with Crippen molar-refractivity contribution in [1.82, 2.24) is 15.3 Å². The molecule has 0 spiro atoms. The van der Waals surface area contributed by atoms with E-state index in [1.165, 1.54) is 11.9 Å². The molecule has 0 aromatic heterocycles. The minimum atomic E-state index is -3.98. The Kier molecular flexibility index (Phi) is 12.8. The number of imide groups is 1. The van der Waals surface area contributed by atoms with Gasteiger partial charge in [0, 0.05) is 13.5 Å². The van der Waals surface area contributed by atoms with E-state index in [2.05, 4.69) is 10.4 Å². The Labute approximate surface area is 201 Å². The third-order valence-electron chi connectivity index (χ3n) is 4.46. The van der Waals surface area contributed by atoms with Crippen molar-refractivity contribution >= 4 is 25.7 Å². The Hall–Kier alpha value is -2.46. The number of carbonyl (C=O) groups excluding carboxylic acids is 3. The normalized spacial score (nSPS) is 14.6. The lowest BCUT2D eigenvalue weighted by Gasteiger charge is -2.29. The lowest BCUT2D eigenvalue weighted by atomic mass is 10.3. The first-order valence-electron chi connectivity index (χ1n) is 11.2. The van der Waals surface area contributed by atoms with Crippen LogP contribution in [0, 0.1) is 0 Å². The van der Waals surface area contributed by atoms with Gasteiger partial charge in [-0.1, -0.05) is 32.0 Å². The molecule has 3 unspecified atom stereocenters. The molecule has 3 amide bonds. The van der Waals surface area contributed by atoms with Crippen molar-refractivity contribution in [3.05, 3.63) is 30.3 Å². The molecule has 0 aliphatic heterocycles. The fraction of sp³-hybridized carbons (Fsp3) is 0.591. The van der Waals surface area contributed by atoms with Crippen LogP contribution in [0.4, 0.5) is 4.79 Å². The Morgan fingerprint density at radius 3 is 2.29 bits per heavy atom. The van der Waals surface area contributed by atoms with Gasteiger partial charge >= 0.3 is 19.7 Å². The van der Waals surface area contributed by atoms with Crippen molar-refractivity contribution in [1.29, 1.82) is 0 Å². The highest BCUT2D eigenvalue weighted by atomic mass is 31.2. The summed E-state index contributed by atoms with van der Waals surface area (Å²) in [5, 5.41) is 4.76. The number of hydrogen-bond acceptors (Lipinski definition) is 8. The molecule has 0 radical (unpaired) electrons. The SMILES string of the molecule is CCC(=O)NC(=O)N(C)C(C)OC(CC)COP(=O)(NCC(=O)OC(C)C)Oc1ccccc1. The van der Waals surface area contributed by atoms with Gasteiger partial charge in [-0.25, -0.2) is 14.4 Å². The van der Waals surface area contributed by atoms with Crippen LogP contribution in [0.1, 0.15) is 47.5 Å². The number of nitrogens with one attached hydrogen (secondary N) is 2. The van der Waals surface area contributed by atoms with Crippen LogP contribution in [0.25, 0.3) is 0 Å². The van der Waals surface area contributed by atoms with E-state index in [9.17, 15) is 18.9 Å². The van der Waals surface area contributed by atoms with E-state index in [-0.39, 0.29) is 31.4 Å². The highest BCUT2D eigenvalue weighted by Crippen LogP contribution is 2.44. The van der Waals surface area contributed by atoms with Crippen LogP contribution in [-0.2, 0) is 28.2 Å². The van der Waals surface area contributed by atoms with Crippen molar-refractivity contribution in [3.63, 3.8) is 0 Å². The predicted octanol–water partition coefficient (Wildman–Crippen LogP) is 3.45. The summed E-state index contributed by atoms with van der Waals surface area (Å²) < 4.78 is 35.4. The second kappa shape index (κ2) is 14.7. The smallest absolute Gasteiger partial charge is 0.459 e. The van der Waals surface area contributed by atoms with E-state index in [1.54, 1.807) is 58.0 Å². The van der Waals surface area contributed by atoms with Gasteiger partial charge in [-0.15, -0.1) is 0 Å². The molecular formula is C22H36N3O8P. The van der Waals surface area contributed by atoms with Crippen LogP contribution in [0.2, 0.25) is 0 Å². The summed E-state index contributed by atoms with van der Waals surface area (Å²) in [6.07, 6.45) is -0.958. The number of carbonyl (C=O) groups is 3. The lowest BCUT2D eigenvalue weighted by molar-refractivity contribution is -0.146. The molecule has 0 heterocycles. The van der Waals surface area contributed by atoms with Crippen LogP contribution in [0.5, 0.6) is 5.75 Å². The second-order valence-corrected chi connectivity index (χ2v) is 9.41. The van der Waals surface area contributed by atoms with Crippen molar-refractivity contribution in [2.24, 2.45) is 0 Å². The third kappa shape index (κ3) is 11.1. The van der Waals surface area contributed by atoms with E-state index in [0.29, 0.717) is 6.42 Å². The van der Waals surface area contributed by atoms with Gasteiger partial charge in [0.1, 0.15) is 18.5 Å². The number of amides is 3. The molecule has 11 nitrogen and oxygen atoms in total. The Morgan fingerprint density at radius 1 is 1.09 bits per heavy atom. The van der Waals surface area contributed by atoms with Gasteiger partial charge < -0.3 is 18.9 Å². The molecule has 192 valence electrons. The Bertz CT molecular complexity index is 837. The maximum atomic E-state index is 13.3. The molecule has 0 saturated heterocycles. The van der Waals surface area contributed by atoms with Crippen molar-refractivity contribution in [2.75, 3.05) is 20.2 Å². The molecule has 0 saturated carbocycles. The van der Waals surface area contributed by atoms with E-state index < -0.39 is 38.0 Å². The Balaban J connectivity index is 2.80. The zero-order chi connectivity index (χ0) is 25.7. The number of urea groups is 1. The zero-order valence-electron chi connectivity index (χ0n) is 20.6. The van der Waals surface area contributed by atoms with Gasteiger partial charge in [-0.05, 0) is 39.3 Å². The number of rotatable bonds is 14. The number of para-hydroxylation sites is 1. The van der Waals surface area contributed by atoms with Crippen LogP contribution in [-0.4, -0.2) is 61.4 Å². The molecule has 0 aliphatic rings. The number of esters is 1. The molecule has 1 rings (SSSR count). The molecule has 1 aromatic carbocycles. The summed E-state index contributed by atoms with van der Waals surface area (Å²) in [6.45, 7) is 7.98. The van der Waals surface area contributed by atoms with Crippen LogP contribution >= 0.6 is 7.75 Å². The molecule has 3 atom stereocenters. The molecule has 0 bridgehead atoms. The zero-order valence-corrected chi connectivity index (χ0v) is 21.5. The highest BCUT2D eigenvalue weighted by molar-refractivity contribution is 7.52. The molecule has 0 fully saturated rings. The summed E-state index contributed by atoms with van der Waals surface area (Å²) in [5.41, 5.74) is 0. The first-order valence-corrected chi connectivity index (χ1v) is 12.7. The molecule has 2 N–H and O–H groups in total. The van der Waals surface area contributed by atoms with Gasteiger partial charge in [0.25, 0.3) is 0 Å². The summed E-state index contributed by atoms with van der Waals surface area (Å²) in [4.78, 5) is 36.7. The summed E-state index contributed by atoms with van der Waals surface area (Å²) in [7, 11) is -2.50. The second-order valence-electron chi connectivity index (χ2n) is 7.65. The molecular weight excluding hydrogens is 465 g/mol. The van der Waals surface area contributed by atoms with Gasteiger partial charge in [-0.3, -0.25) is 19.4 Å². The van der Waals surface area contributed by atoms with Gasteiger partial charge in [0.2, 0.25) is 5.91 Å². The van der Waals surface area contributed by atoms with E-state index in [1.807, 2.05) is 6.92 Å². The average molecular weight is 502 g/mol. The maximum Gasteiger partial charge on any atom is 0.459 e. The first kappa shape index (κ1) is 29.6. The largest absolute Gasteiger partial charge is 0.462 e. The minimum absolute atomic E-state index is 0.152. The minimum Gasteiger partial charge on any atom is -0.462 e. The van der Waals surface area contributed by atoms with Crippen LogP contribution < -0.4 is 14.9 Å². The molecule has 34 heavy (non-hydrogen) atoms. The maximum absolute atomic E-state index is 13.3. The summed E-state index contributed by atoms with van der Waals surface area (Å²) in [6, 6.07) is 7.79. The number of benzene rings is 1. The van der Waals surface area contributed by atoms with Gasteiger partial charge in [0.05, 0.1) is 18.8 Å². The quantitative estimate of drug-likeness (QED) is 0.223. The first-order chi connectivity index (χ1) is 16.0. The van der Waals surface area contributed by atoms with E-state index in [0.717, 1.165) is 0 Å². The molecule has 12 heteroatoms. The summed E-state index contributed by atoms with van der Waals surface area (Å²) in [5.74, 6) is -0.725. The van der Waals surface area contributed by atoms with Gasteiger partial charge in [0.15, 0.2) is 0 Å². The fourth-order valence-corrected chi connectivity index (χ4v) is 3.75. The number of hydrogen-bond donors (Lipinski definition) is 2. The van der Waals surface area contributed by atoms with E-state index >= 15 is 0 Å². The number of nitrogens with zero attached hydrogens (tertiary/aromatic N) is 1. The fourth-order valence-electron chi connectivity index (χ4n) is 2.46. The van der Waals surface area contributed by atoms with Crippen molar-refractivity contribution in [2.45, 2.75) is 65.9 Å².